The third kappa shape index (κ3) is 1.45. The number of nitriles is 1. The molecule has 2 rings (SSSR count). The molecule has 68 valence electrons. The van der Waals surface area contributed by atoms with Gasteiger partial charge in [0.2, 0.25) is 5.89 Å². The van der Waals surface area contributed by atoms with Crippen molar-refractivity contribution in [1.29, 1.82) is 5.26 Å². The van der Waals surface area contributed by atoms with E-state index in [1.807, 2.05) is 0 Å². The highest BCUT2D eigenvalue weighted by molar-refractivity contribution is 6.33. The number of aromatic nitrogens is 2. The summed E-state index contributed by atoms with van der Waals surface area (Å²) in [4.78, 5) is 0. The predicted molar refractivity (Wildman–Crippen MR) is 49.5 cm³/mol. The van der Waals surface area contributed by atoms with Crippen LogP contribution in [0.25, 0.3) is 11.5 Å². The molecule has 0 aliphatic carbocycles. The van der Waals surface area contributed by atoms with E-state index in [1.165, 1.54) is 0 Å². The molecule has 14 heavy (non-hydrogen) atoms. The normalized spacial score (nSPS) is 9.71. The van der Waals surface area contributed by atoms with E-state index in [1.54, 1.807) is 30.3 Å². The Morgan fingerprint density at radius 1 is 1.29 bits per heavy atom. The van der Waals surface area contributed by atoms with E-state index in [0.717, 1.165) is 0 Å². The Hall–Kier alpha value is -1.86. The van der Waals surface area contributed by atoms with Gasteiger partial charge in [0.1, 0.15) is 0 Å². The molecule has 0 fully saturated rings. The van der Waals surface area contributed by atoms with Crippen LogP contribution in [0.3, 0.4) is 0 Å². The van der Waals surface area contributed by atoms with Crippen molar-refractivity contribution >= 4 is 11.6 Å². The van der Waals surface area contributed by atoms with Crippen LogP contribution in [0.4, 0.5) is 0 Å². The Bertz CT molecular complexity index is 501. The van der Waals surface area contributed by atoms with Crippen LogP contribution in [0.1, 0.15) is 5.89 Å². The second kappa shape index (κ2) is 3.48. The van der Waals surface area contributed by atoms with Crippen LogP contribution in [0.5, 0.6) is 0 Å². The predicted octanol–water partition coefficient (Wildman–Crippen LogP) is 2.26. The first-order chi connectivity index (χ1) is 6.81. The van der Waals surface area contributed by atoms with Gasteiger partial charge in [-0.3, -0.25) is 0 Å². The van der Waals surface area contributed by atoms with Gasteiger partial charge in [-0.2, -0.15) is 5.26 Å². The molecule has 2 aromatic rings. The van der Waals surface area contributed by atoms with E-state index < -0.39 is 0 Å². The summed E-state index contributed by atoms with van der Waals surface area (Å²) in [5.74, 6) is 0.187. The SMILES string of the molecule is N#Cc1nnc(-c2ccccc2Cl)o1. The Kier molecular flexibility index (Phi) is 2.17. The zero-order chi connectivity index (χ0) is 9.97. The minimum Gasteiger partial charge on any atom is -0.408 e. The first kappa shape index (κ1) is 8.73. The number of hydrogen-bond donors (Lipinski definition) is 0. The summed E-state index contributed by atoms with van der Waals surface area (Å²) in [6.07, 6.45) is 0. The first-order valence-corrected chi connectivity index (χ1v) is 4.17. The van der Waals surface area contributed by atoms with Gasteiger partial charge in [0.05, 0.1) is 10.6 Å². The van der Waals surface area contributed by atoms with Crippen LogP contribution in [0.2, 0.25) is 5.02 Å². The van der Waals surface area contributed by atoms with Crippen molar-refractivity contribution in [2.45, 2.75) is 0 Å². The van der Waals surface area contributed by atoms with Gasteiger partial charge in [-0.25, -0.2) is 0 Å². The van der Waals surface area contributed by atoms with E-state index in [9.17, 15) is 0 Å². The fourth-order valence-electron chi connectivity index (χ4n) is 1.01. The summed E-state index contributed by atoms with van der Waals surface area (Å²) in [6, 6.07) is 8.82. The second-order valence-corrected chi connectivity index (χ2v) is 2.91. The monoisotopic (exact) mass is 205 g/mol. The van der Waals surface area contributed by atoms with Crippen LogP contribution >= 0.6 is 11.6 Å². The number of nitrogens with zero attached hydrogens (tertiary/aromatic N) is 3. The highest BCUT2D eigenvalue weighted by atomic mass is 35.5. The van der Waals surface area contributed by atoms with Gasteiger partial charge < -0.3 is 4.42 Å². The Labute approximate surface area is 84.8 Å². The number of benzene rings is 1. The Morgan fingerprint density at radius 2 is 2.07 bits per heavy atom. The average Bonchev–Trinajstić information content (AvgIpc) is 2.67. The summed E-state index contributed by atoms with van der Waals surface area (Å²) in [7, 11) is 0. The third-order valence-electron chi connectivity index (χ3n) is 1.62. The molecule has 5 heteroatoms. The molecule has 0 atom stereocenters. The van der Waals surface area contributed by atoms with Gasteiger partial charge in [0, 0.05) is 0 Å². The van der Waals surface area contributed by atoms with E-state index in [-0.39, 0.29) is 11.8 Å². The molecule has 0 saturated carbocycles. The zero-order valence-electron chi connectivity index (χ0n) is 6.94. The van der Waals surface area contributed by atoms with Crippen molar-refractivity contribution in [3.05, 3.63) is 35.2 Å². The lowest BCUT2D eigenvalue weighted by atomic mass is 10.2. The Morgan fingerprint density at radius 3 is 2.71 bits per heavy atom. The van der Waals surface area contributed by atoms with Crippen molar-refractivity contribution in [3.8, 4) is 17.5 Å². The second-order valence-electron chi connectivity index (χ2n) is 2.50. The topological polar surface area (TPSA) is 62.7 Å². The quantitative estimate of drug-likeness (QED) is 0.717. The smallest absolute Gasteiger partial charge is 0.321 e. The first-order valence-electron chi connectivity index (χ1n) is 3.80. The van der Waals surface area contributed by atoms with Gasteiger partial charge in [0.15, 0.2) is 6.07 Å². The minimum absolute atomic E-state index is 0.0695. The molecule has 0 amide bonds. The number of halogens is 1. The molecule has 1 aromatic carbocycles. The van der Waals surface area contributed by atoms with Gasteiger partial charge in [-0.1, -0.05) is 28.8 Å². The number of rotatable bonds is 1. The molecule has 0 aliphatic rings. The summed E-state index contributed by atoms with van der Waals surface area (Å²) < 4.78 is 5.03. The fourth-order valence-corrected chi connectivity index (χ4v) is 1.23. The maximum absolute atomic E-state index is 8.49. The highest BCUT2D eigenvalue weighted by Crippen LogP contribution is 2.25. The molecule has 0 aliphatic heterocycles. The molecular weight excluding hydrogens is 202 g/mol. The van der Waals surface area contributed by atoms with E-state index in [4.69, 9.17) is 21.3 Å². The summed E-state index contributed by atoms with van der Waals surface area (Å²) in [5, 5.41) is 16.2. The summed E-state index contributed by atoms with van der Waals surface area (Å²) >= 11 is 5.90. The molecule has 0 N–H and O–H groups in total. The molecule has 4 nitrogen and oxygen atoms in total. The average molecular weight is 206 g/mol. The molecule has 1 heterocycles. The van der Waals surface area contributed by atoms with Gasteiger partial charge in [-0.05, 0) is 12.1 Å². The van der Waals surface area contributed by atoms with Crippen molar-refractivity contribution in [1.82, 2.24) is 10.2 Å². The standard InChI is InChI=1S/C9H4ClN3O/c10-7-4-2-1-3-6(7)9-13-12-8(5-11)14-9/h1-4H. The van der Waals surface area contributed by atoms with Crippen molar-refractivity contribution in [2.75, 3.05) is 0 Å². The largest absolute Gasteiger partial charge is 0.408 e. The summed E-state index contributed by atoms with van der Waals surface area (Å²) in [6.45, 7) is 0. The maximum atomic E-state index is 8.49. The van der Waals surface area contributed by atoms with E-state index >= 15 is 0 Å². The lowest BCUT2D eigenvalue weighted by Crippen LogP contribution is -1.78. The molecule has 0 radical (unpaired) electrons. The lowest BCUT2D eigenvalue weighted by Gasteiger charge is -1.95. The molecule has 0 spiro atoms. The lowest BCUT2D eigenvalue weighted by molar-refractivity contribution is 0.553. The fraction of sp³-hybridized carbons (Fsp3) is 0. The third-order valence-corrected chi connectivity index (χ3v) is 1.95. The van der Waals surface area contributed by atoms with Crippen LogP contribution in [-0.2, 0) is 0 Å². The van der Waals surface area contributed by atoms with Crippen molar-refractivity contribution in [2.24, 2.45) is 0 Å². The van der Waals surface area contributed by atoms with Gasteiger partial charge in [-0.15, -0.1) is 5.10 Å². The van der Waals surface area contributed by atoms with Gasteiger partial charge >= 0.3 is 5.89 Å². The summed E-state index contributed by atoms with van der Waals surface area (Å²) in [5.41, 5.74) is 0.628. The minimum atomic E-state index is -0.0695. The van der Waals surface area contributed by atoms with Crippen molar-refractivity contribution in [3.63, 3.8) is 0 Å². The van der Waals surface area contributed by atoms with Gasteiger partial charge in [0.25, 0.3) is 0 Å². The van der Waals surface area contributed by atoms with E-state index in [0.29, 0.717) is 10.6 Å². The van der Waals surface area contributed by atoms with Crippen LogP contribution in [0.15, 0.2) is 28.7 Å². The molecule has 0 bridgehead atoms. The van der Waals surface area contributed by atoms with Crippen molar-refractivity contribution < 1.29 is 4.42 Å². The molecular formula is C9H4ClN3O. The Balaban J connectivity index is 2.51. The molecule has 0 unspecified atom stereocenters. The maximum Gasteiger partial charge on any atom is 0.321 e. The number of hydrogen-bond acceptors (Lipinski definition) is 4. The van der Waals surface area contributed by atoms with Crippen LogP contribution < -0.4 is 0 Å². The molecule has 0 saturated heterocycles. The van der Waals surface area contributed by atoms with Crippen LogP contribution in [0, 0.1) is 11.3 Å². The van der Waals surface area contributed by atoms with Crippen LogP contribution in [-0.4, -0.2) is 10.2 Å². The molecule has 1 aromatic heterocycles. The van der Waals surface area contributed by atoms with E-state index in [2.05, 4.69) is 10.2 Å². The highest BCUT2D eigenvalue weighted by Gasteiger charge is 2.10. The zero-order valence-corrected chi connectivity index (χ0v) is 7.69.